The normalized spacial score (nSPS) is 14.4. The SMILES string of the molecule is FC(F)(Cl)C(F)(F)[C](Cl)Cl. The van der Waals surface area contributed by atoms with Gasteiger partial charge in [0.1, 0.15) is 0 Å². The van der Waals surface area contributed by atoms with Gasteiger partial charge in [0.15, 0.2) is 0 Å². The van der Waals surface area contributed by atoms with Crippen LogP contribution in [0.25, 0.3) is 0 Å². The second kappa shape index (κ2) is 2.91. The van der Waals surface area contributed by atoms with Crippen molar-refractivity contribution in [2.24, 2.45) is 0 Å². The van der Waals surface area contributed by atoms with E-state index >= 15 is 0 Å². The lowest BCUT2D eigenvalue weighted by Gasteiger charge is -2.20. The average molecular weight is 218 g/mol. The van der Waals surface area contributed by atoms with E-state index in [0.29, 0.717) is 0 Å². The first-order valence-corrected chi connectivity index (χ1v) is 2.96. The van der Waals surface area contributed by atoms with Crippen molar-refractivity contribution in [3.8, 4) is 0 Å². The largest absolute Gasteiger partial charge is 0.387 e. The molecule has 0 N–H and O–H groups in total. The maximum atomic E-state index is 11.9. The first kappa shape index (κ1) is 10.6. The molecule has 0 aromatic carbocycles. The van der Waals surface area contributed by atoms with E-state index in [-0.39, 0.29) is 0 Å². The van der Waals surface area contributed by atoms with Crippen LogP contribution in [0.1, 0.15) is 0 Å². The van der Waals surface area contributed by atoms with E-state index in [1.54, 1.807) is 0 Å². The molecule has 0 nitrogen and oxygen atoms in total. The lowest BCUT2D eigenvalue weighted by molar-refractivity contribution is -0.131. The first-order valence-electron chi connectivity index (χ1n) is 1.82. The maximum Gasteiger partial charge on any atom is 0.387 e. The Morgan fingerprint density at radius 2 is 1.30 bits per heavy atom. The van der Waals surface area contributed by atoms with Gasteiger partial charge in [-0.1, -0.05) is 23.2 Å². The van der Waals surface area contributed by atoms with Gasteiger partial charge in [-0.3, -0.25) is 0 Å². The third kappa shape index (κ3) is 2.04. The van der Waals surface area contributed by atoms with E-state index in [1.807, 2.05) is 0 Å². The van der Waals surface area contributed by atoms with Gasteiger partial charge in [-0.25, -0.2) is 0 Å². The molecule has 0 aliphatic rings. The van der Waals surface area contributed by atoms with E-state index in [4.69, 9.17) is 0 Å². The van der Waals surface area contributed by atoms with Gasteiger partial charge >= 0.3 is 11.3 Å². The molecule has 0 unspecified atom stereocenters. The minimum Gasteiger partial charge on any atom is -0.195 e. The molecular formula is C3Cl3F4. The van der Waals surface area contributed by atoms with Crippen LogP contribution in [-0.4, -0.2) is 11.3 Å². The highest BCUT2D eigenvalue weighted by atomic mass is 35.5. The van der Waals surface area contributed by atoms with Crippen molar-refractivity contribution >= 4 is 34.8 Å². The molecule has 0 aromatic rings. The van der Waals surface area contributed by atoms with E-state index < -0.39 is 16.1 Å². The minimum absolute atomic E-state index is 1.76. The summed E-state index contributed by atoms with van der Waals surface area (Å²) in [5, 5.41) is -4.74. The van der Waals surface area contributed by atoms with Gasteiger partial charge in [-0.15, -0.1) is 0 Å². The third-order valence-corrected chi connectivity index (χ3v) is 1.31. The van der Waals surface area contributed by atoms with Crippen LogP contribution in [0.2, 0.25) is 0 Å². The Hall–Kier alpha value is 0.590. The minimum atomic E-state index is -4.74. The van der Waals surface area contributed by atoms with Gasteiger partial charge in [-0.05, 0) is 11.6 Å². The highest BCUT2D eigenvalue weighted by molar-refractivity contribution is 6.53. The molecule has 0 atom stereocenters. The predicted octanol–water partition coefficient (Wildman–Crippen LogP) is 3.42. The second-order valence-electron chi connectivity index (χ2n) is 1.33. The van der Waals surface area contributed by atoms with Crippen LogP contribution in [0.15, 0.2) is 0 Å². The van der Waals surface area contributed by atoms with Crippen LogP contribution < -0.4 is 0 Å². The fourth-order valence-corrected chi connectivity index (χ4v) is 0.536. The van der Waals surface area contributed by atoms with Gasteiger partial charge in [0.05, 0.1) is 0 Å². The van der Waals surface area contributed by atoms with Crippen LogP contribution >= 0.6 is 34.8 Å². The van der Waals surface area contributed by atoms with Gasteiger partial charge < -0.3 is 0 Å². The van der Waals surface area contributed by atoms with Crippen LogP contribution in [0.3, 0.4) is 0 Å². The Bertz CT molecular complexity index is 117. The molecule has 1 radical (unpaired) electrons. The van der Waals surface area contributed by atoms with E-state index in [2.05, 4.69) is 34.8 Å². The summed E-state index contributed by atoms with van der Waals surface area (Å²) < 4.78 is 46.9. The van der Waals surface area contributed by atoms with Crippen molar-refractivity contribution in [1.82, 2.24) is 0 Å². The Morgan fingerprint density at radius 3 is 1.30 bits per heavy atom. The monoisotopic (exact) mass is 217 g/mol. The molecule has 0 bridgehead atoms. The van der Waals surface area contributed by atoms with Crippen LogP contribution in [0.5, 0.6) is 0 Å². The third-order valence-electron chi connectivity index (χ3n) is 0.593. The summed E-state index contributed by atoms with van der Waals surface area (Å²) in [6, 6.07) is 0. The fraction of sp³-hybridized carbons (Fsp3) is 0.667. The van der Waals surface area contributed by atoms with E-state index in [1.165, 1.54) is 0 Å². The van der Waals surface area contributed by atoms with Crippen molar-refractivity contribution in [1.29, 1.82) is 0 Å². The summed E-state index contributed by atoms with van der Waals surface area (Å²) >= 11 is 12.8. The summed E-state index contributed by atoms with van der Waals surface area (Å²) in [6.45, 7) is 0. The van der Waals surface area contributed by atoms with E-state index in [0.717, 1.165) is 0 Å². The summed E-state index contributed by atoms with van der Waals surface area (Å²) in [4.78, 5) is -1.76. The molecule has 0 saturated heterocycles. The molecular weight excluding hydrogens is 218 g/mol. The van der Waals surface area contributed by atoms with Crippen molar-refractivity contribution in [2.75, 3.05) is 0 Å². The average Bonchev–Trinajstić information content (AvgIpc) is 1.62. The summed E-state index contributed by atoms with van der Waals surface area (Å²) in [6.07, 6.45) is 0. The van der Waals surface area contributed by atoms with Crippen molar-refractivity contribution < 1.29 is 17.6 Å². The molecule has 0 spiro atoms. The predicted molar refractivity (Wildman–Crippen MR) is 30.7 cm³/mol. The summed E-state index contributed by atoms with van der Waals surface area (Å²) in [7, 11) is 0. The zero-order chi connectivity index (χ0) is 8.58. The molecule has 10 heavy (non-hydrogen) atoms. The lowest BCUT2D eigenvalue weighted by atomic mass is 10.4. The zero-order valence-corrected chi connectivity index (χ0v) is 6.41. The summed E-state index contributed by atoms with van der Waals surface area (Å²) in [5.74, 6) is -4.68. The van der Waals surface area contributed by atoms with Crippen LogP contribution in [-0.2, 0) is 0 Å². The zero-order valence-electron chi connectivity index (χ0n) is 4.15. The molecule has 0 saturated carbocycles. The highest BCUT2D eigenvalue weighted by Gasteiger charge is 2.60. The number of hydrogen-bond donors (Lipinski definition) is 0. The standard InChI is InChI=1S/C3Cl3F4/c4-1(5)2(7,8)3(6,9)10. The molecule has 0 aromatic heterocycles. The molecule has 61 valence electrons. The fourth-order valence-electron chi connectivity index (χ4n) is 0.107. The van der Waals surface area contributed by atoms with Gasteiger partial charge in [0, 0.05) is 0 Å². The van der Waals surface area contributed by atoms with Gasteiger partial charge in [0.2, 0.25) is 4.84 Å². The maximum absolute atomic E-state index is 11.9. The molecule has 0 amide bonds. The van der Waals surface area contributed by atoms with Gasteiger partial charge in [0.25, 0.3) is 0 Å². The molecule has 0 aliphatic carbocycles. The van der Waals surface area contributed by atoms with E-state index in [9.17, 15) is 17.6 Å². The molecule has 0 heterocycles. The van der Waals surface area contributed by atoms with Crippen molar-refractivity contribution in [3.63, 3.8) is 0 Å². The summed E-state index contributed by atoms with van der Waals surface area (Å²) in [5.41, 5.74) is 0. The second-order valence-corrected chi connectivity index (χ2v) is 2.76. The number of halogens is 7. The Kier molecular flexibility index (Phi) is 3.08. The number of alkyl halides is 5. The molecule has 7 heteroatoms. The topological polar surface area (TPSA) is 0 Å². The highest BCUT2D eigenvalue weighted by Crippen LogP contribution is 2.47. The molecule has 0 fully saturated rings. The Morgan fingerprint density at radius 1 is 1.00 bits per heavy atom. The van der Waals surface area contributed by atoms with Crippen molar-refractivity contribution in [2.45, 2.75) is 11.3 Å². The first-order chi connectivity index (χ1) is 4.19. The number of rotatable bonds is 2. The van der Waals surface area contributed by atoms with Crippen LogP contribution in [0.4, 0.5) is 17.6 Å². The smallest absolute Gasteiger partial charge is 0.195 e. The van der Waals surface area contributed by atoms with Crippen molar-refractivity contribution in [3.05, 3.63) is 4.84 Å². The lowest BCUT2D eigenvalue weighted by Crippen LogP contribution is -2.37. The number of hydrogen-bond acceptors (Lipinski definition) is 0. The molecule has 0 rings (SSSR count). The van der Waals surface area contributed by atoms with Gasteiger partial charge in [-0.2, -0.15) is 17.6 Å². The Balaban J connectivity index is 4.40. The molecule has 0 aliphatic heterocycles. The van der Waals surface area contributed by atoms with Crippen LogP contribution in [0, 0.1) is 4.84 Å². The Labute approximate surface area is 69.0 Å². The quantitative estimate of drug-likeness (QED) is 0.492.